The largest absolute Gasteiger partial charge is 0.481 e. The van der Waals surface area contributed by atoms with Crippen molar-refractivity contribution in [3.05, 3.63) is 0 Å². The second kappa shape index (κ2) is 5.74. The van der Waals surface area contributed by atoms with Crippen molar-refractivity contribution in [2.24, 2.45) is 5.92 Å². The first-order valence-electron chi connectivity index (χ1n) is 6.20. The maximum atomic E-state index is 12.4. The second-order valence-electron chi connectivity index (χ2n) is 5.46. The van der Waals surface area contributed by atoms with Crippen LogP contribution < -0.4 is 0 Å². The molecule has 0 unspecified atom stereocenters. The summed E-state index contributed by atoms with van der Waals surface area (Å²) in [6.45, 7) is 3.38. The molecule has 0 aromatic rings. The molecule has 0 aliphatic carbocycles. The molecule has 0 radical (unpaired) electrons. The second-order valence-corrected chi connectivity index (χ2v) is 7.42. The lowest BCUT2D eigenvalue weighted by atomic mass is 9.99. The molecule has 0 spiro atoms. The number of carbonyl (C=O) groups is 1. The number of rotatable bonds is 5. The van der Waals surface area contributed by atoms with Gasteiger partial charge < -0.3 is 10.2 Å². The number of aliphatic hydroxyl groups excluding tert-OH is 1. The fraction of sp³-hybridized carbons (Fsp3) is 0.909. The molecule has 1 saturated heterocycles. The predicted molar refractivity (Wildman–Crippen MR) is 69.8 cm³/mol. The molecule has 1 aliphatic heterocycles. The van der Waals surface area contributed by atoms with Gasteiger partial charge in [-0.15, -0.1) is 0 Å². The molecule has 0 aromatic carbocycles. The van der Waals surface area contributed by atoms with E-state index < -0.39 is 27.6 Å². The van der Waals surface area contributed by atoms with E-state index in [2.05, 4.69) is 0 Å². The summed E-state index contributed by atoms with van der Waals surface area (Å²) in [5, 5.41) is 18.1. The molecule has 0 aromatic heterocycles. The number of likely N-dealkylation sites (N-methyl/N-ethyl adjacent to an activating group) is 1. The zero-order chi connectivity index (χ0) is 14.8. The van der Waals surface area contributed by atoms with Crippen LogP contribution in [0.15, 0.2) is 0 Å². The molecule has 1 heterocycles. The minimum atomic E-state index is -3.67. The quantitative estimate of drug-likeness (QED) is 0.727. The van der Waals surface area contributed by atoms with Crippen molar-refractivity contribution in [1.29, 1.82) is 0 Å². The highest BCUT2D eigenvalue weighted by Gasteiger charge is 2.38. The van der Waals surface area contributed by atoms with Gasteiger partial charge >= 0.3 is 5.97 Å². The Kier molecular flexibility index (Phi) is 4.94. The summed E-state index contributed by atoms with van der Waals surface area (Å²) in [4.78, 5) is 10.8. The Morgan fingerprint density at radius 3 is 2.21 bits per heavy atom. The van der Waals surface area contributed by atoms with E-state index >= 15 is 0 Å². The minimum absolute atomic E-state index is 0.200. The first-order chi connectivity index (χ1) is 8.63. The molecular formula is C11H22N2O5S. The van der Waals surface area contributed by atoms with Gasteiger partial charge in [-0.1, -0.05) is 0 Å². The normalized spacial score (nSPS) is 19.8. The van der Waals surface area contributed by atoms with Crippen LogP contribution in [0, 0.1) is 5.92 Å². The molecule has 1 rings (SSSR count). The van der Waals surface area contributed by atoms with Crippen molar-refractivity contribution in [3.8, 4) is 0 Å². The molecule has 2 N–H and O–H groups in total. The van der Waals surface area contributed by atoms with E-state index in [1.807, 2.05) is 0 Å². The van der Waals surface area contributed by atoms with Crippen LogP contribution in [0.1, 0.15) is 26.7 Å². The Bertz CT molecular complexity index is 426. The van der Waals surface area contributed by atoms with Gasteiger partial charge in [-0.3, -0.25) is 4.79 Å². The third kappa shape index (κ3) is 3.44. The lowest BCUT2D eigenvalue weighted by Crippen LogP contribution is -2.54. The summed E-state index contributed by atoms with van der Waals surface area (Å²) in [6.07, 6.45) is 0.643. The summed E-state index contributed by atoms with van der Waals surface area (Å²) in [5.74, 6) is -1.34. The van der Waals surface area contributed by atoms with E-state index in [4.69, 9.17) is 5.11 Å². The SMILES string of the molecule is CN(C(C)(C)CO)S(=O)(=O)N1CCC(C(=O)O)CC1. The van der Waals surface area contributed by atoms with E-state index in [0.717, 1.165) is 4.31 Å². The fourth-order valence-corrected chi connectivity index (χ4v) is 3.62. The van der Waals surface area contributed by atoms with E-state index in [-0.39, 0.29) is 19.7 Å². The maximum Gasteiger partial charge on any atom is 0.306 e. The molecule has 112 valence electrons. The Balaban J connectivity index is 2.78. The smallest absolute Gasteiger partial charge is 0.306 e. The Labute approximate surface area is 114 Å². The van der Waals surface area contributed by atoms with Crippen LogP contribution >= 0.6 is 0 Å². The molecule has 0 atom stereocenters. The summed E-state index contributed by atoms with van der Waals surface area (Å²) in [5.41, 5.74) is -0.886. The van der Waals surface area contributed by atoms with Gasteiger partial charge in [0.2, 0.25) is 0 Å². The standard InChI is InChI=1S/C11H22N2O5S/c1-11(2,8-14)12(3)19(17,18)13-6-4-9(5-7-13)10(15)16/h9,14H,4-8H2,1-3H3,(H,15,16). The highest BCUT2D eigenvalue weighted by atomic mass is 32.2. The number of carboxylic acid groups (broad SMARTS) is 1. The van der Waals surface area contributed by atoms with Crippen molar-refractivity contribution < 1.29 is 23.4 Å². The topological polar surface area (TPSA) is 98.2 Å². The third-order valence-corrected chi connectivity index (χ3v) is 5.92. The Hall–Kier alpha value is -0.700. The van der Waals surface area contributed by atoms with Gasteiger partial charge in [-0.05, 0) is 26.7 Å². The van der Waals surface area contributed by atoms with Gasteiger partial charge in [0.15, 0.2) is 0 Å². The fourth-order valence-electron chi connectivity index (χ4n) is 1.92. The van der Waals surface area contributed by atoms with Crippen LogP contribution in [0.2, 0.25) is 0 Å². The molecule has 0 amide bonds. The molecule has 0 saturated carbocycles. The molecule has 1 fully saturated rings. The van der Waals surface area contributed by atoms with Crippen LogP contribution in [0.3, 0.4) is 0 Å². The molecule has 0 bridgehead atoms. The average molecular weight is 294 g/mol. The third-order valence-electron chi connectivity index (χ3n) is 3.71. The molecule has 19 heavy (non-hydrogen) atoms. The first-order valence-corrected chi connectivity index (χ1v) is 7.60. The molecule has 7 nitrogen and oxygen atoms in total. The highest BCUT2D eigenvalue weighted by molar-refractivity contribution is 7.86. The van der Waals surface area contributed by atoms with Crippen molar-refractivity contribution >= 4 is 16.2 Å². The van der Waals surface area contributed by atoms with Crippen LogP contribution in [0.25, 0.3) is 0 Å². The zero-order valence-corrected chi connectivity index (χ0v) is 12.4. The Morgan fingerprint density at radius 1 is 1.37 bits per heavy atom. The van der Waals surface area contributed by atoms with Gasteiger partial charge in [0.05, 0.1) is 18.1 Å². The minimum Gasteiger partial charge on any atom is -0.481 e. The van der Waals surface area contributed by atoms with Crippen molar-refractivity contribution in [1.82, 2.24) is 8.61 Å². The van der Waals surface area contributed by atoms with Crippen LogP contribution in [-0.2, 0) is 15.0 Å². The van der Waals surface area contributed by atoms with Crippen LogP contribution in [0.4, 0.5) is 0 Å². The number of hydrogen-bond donors (Lipinski definition) is 2. The van der Waals surface area contributed by atoms with E-state index in [0.29, 0.717) is 12.8 Å². The van der Waals surface area contributed by atoms with Gasteiger partial charge in [-0.2, -0.15) is 17.0 Å². The number of hydrogen-bond acceptors (Lipinski definition) is 4. The number of aliphatic hydroxyl groups is 1. The van der Waals surface area contributed by atoms with Crippen LogP contribution in [0.5, 0.6) is 0 Å². The lowest BCUT2D eigenvalue weighted by Gasteiger charge is -2.38. The predicted octanol–water partition coefficient (Wildman–Crippen LogP) is -0.269. The zero-order valence-electron chi connectivity index (χ0n) is 11.5. The van der Waals surface area contributed by atoms with Gasteiger partial charge in [0, 0.05) is 20.1 Å². The van der Waals surface area contributed by atoms with Gasteiger partial charge in [0.25, 0.3) is 10.2 Å². The maximum absolute atomic E-state index is 12.4. The number of nitrogens with zero attached hydrogens (tertiary/aromatic N) is 2. The monoisotopic (exact) mass is 294 g/mol. The summed E-state index contributed by atoms with van der Waals surface area (Å²) >= 11 is 0. The molecule has 1 aliphatic rings. The summed E-state index contributed by atoms with van der Waals surface area (Å²) in [6, 6.07) is 0. The highest BCUT2D eigenvalue weighted by Crippen LogP contribution is 2.24. The summed E-state index contributed by atoms with van der Waals surface area (Å²) < 4.78 is 27.1. The number of piperidine rings is 1. The lowest BCUT2D eigenvalue weighted by molar-refractivity contribution is -0.142. The van der Waals surface area contributed by atoms with E-state index in [1.165, 1.54) is 11.4 Å². The van der Waals surface area contributed by atoms with Crippen molar-refractivity contribution in [3.63, 3.8) is 0 Å². The average Bonchev–Trinajstić information content (AvgIpc) is 2.37. The summed E-state index contributed by atoms with van der Waals surface area (Å²) in [7, 11) is -2.24. The van der Waals surface area contributed by atoms with Crippen LogP contribution in [-0.4, -0.2) is 65.5 Å². The number of aliphatic carboxylic acids is 1. The van der Waals surface area contributed by atoms with E-state index in [9.17, 15) is 18.3 Å². The van der Waals surface area contributed by atoms with Gasteiger partial charge in [0.1, 0.15) is 0 Å². The van der Waals surface area contributed by atoms with Crippen molar-refractivity contribution in [2.45, 2.75) is 32.2 Å². The number of carboxylic acids is 1. The molecular weight excluding hydrogens is 272 g/mol. The molecule has 8 heteroatoms. The van der Waals surface area contributed by atoms with E-state index in [1.54, 1.807) is 13.8 Å². The van der Waals surface area contributed by atoms with Gasteiger partial charge in [-0.25, -0.2) is 0 Å². The Morgan fingerprint density at radius 2 is 1.84 bits per heavy atom. The van der Waals surface area contributed by atoms with Crippen molar-refractivity contribution in [2.75, 3.05) is 26.7 Å². The first kappa shape index (κ1) is 16.4.